The Morgan fingerprint density at radius 2 is 1.96 bits per heavy atom. The summed E-state index contributed by atoms with van der Waals surface area (Å²) in [5.74, 6) is 0.0844. The summed E-state index contributed by atoms with van der Waals surface area (Å²) in [4.78, 5) is 25.0. The van der Waals surface area contributed by atoms with E-state index in [1.165, 1.54) is 13.1 Å². The monoisotopic (exact) mass is 402 g/mol. The molecule has 2 aliphatic rings. The van der Waals surface area contributed by atoms with E-state index in [2.05, 4.69) is 15.7 Å². The molecule has 148 valence electrons. The lowest BCUT2D eigenvalue weighted by Gasteiger charge is -2.17. The molecule has 3 N–H and O–H groups in total. The molecule has 0 radical (unpaired) electrons. The highest BCUT2D eigenvalue weighted by Crippen LogP contribution is 2.52. The molecule has 1 heterocycles. The Labute approximate surface area is 168 Å². The Morgan fingerprint density at radius 1 is 1.25 bits per heavy atom. The number of rotatable bonds is 5. The lowest BCUT2D eigenvalue weighted by atomic mass is 10.1. The van der Waals surface area contributed by atoms with Crippen LogP contribution in [0.15, 0.2) is 30.3 Å². The number of hydrogen-bond acceptors (Lipinski definition) is 4. The Balaban J connectivity index is 1.61. The highest BCUT2D eigenvalue weighted by molar-refractivity contribution is 6.30. The third-order valence-electron chi connectivity index (χ3n) is 5.84. The van der Waals surface area contributed by atoms with Crippen molar-refractivity contribution in [2.24, 2.45) is 11.8 Å². The second-order valence-corrected chi connectivity index (χ2v) is 8.06. The van der Waals surface area contributed by atoms with Crippen molar-refractivity contribution >= 4 is 23.4 Å². The molecular weight excluding hydrogens is 380 g/mol. The molecule has 28 heavy (non-hydrogen) atoms. The quantitative estimate of drug-likeness (QED) is 0.712. The number of amides is 2. The van der Waals surface area contributed by atoms with E-state index in [1.807, 2.05) is 25.1 Å². The second-order valence-electron chi connectivity index (χ2n) is 7.62. The predicted molar refractivity (Wildman–Crippen MR) is 104 cm³/mol. The fourth-order valence-corrected chi connectivity index (χ4v) is 4.46. The van der Waals surface area contributed by atoms with Crippen LogP contribution in [0.4, 0.5) is 0 Å². The Morgan fingerprint density at radius 3 is 2.61 bits per heavy atom. The first kappa shape index (κ1) is 19.0. The number of carbonyl (C=O) groups excluding carboxylic acids is 2. The lowest BCUT2D eigenvalue weighted by Crippen LogP contribution is -2.32. The maximum absolute atomic E-state index is 13.0. The average molecular weight is 403 g/mol. The van der Waals surface area contributed by atoms with E-state index in [9.17, 15) is 14.7 Å². The van der Waals surface area contributed by atoms with Crippen LogP contribution in [0.3, 0.4) is 0 Å². The van der Waals surface area contributed by atoms with Gasteiger partial charge < -0.3 is 15.7 Å². The molecule has 2 aromatic rings. The van der Waals surface area contributed by atoms with Gasteiger partial charge in [0, 0.05) is 24.2 Å². The molecule has 2 fully saturated rings. The van der Waals surface area contributed by atoms with Gasteiger partial charge >= 0.3 is 0 Å². The average Bonchev–Trinajstić information content (AvgIpc) is 3.06. The van der Waals surface area contributed by atoms with Gasteiger partial charge in [0.25, 0.3) is 11.8 Å². The van der Waals surface area contributed by atoms with Crippen molar-refractivity contribution in [2.45, 2.75) is 38.0 Å². The summed E-state index contributed by atoms with van der Waals surface area (Å²) in [6, 6.07) is 8.68. The van der Waals surface area contributed by atoms with Crippen molar-refractivity contribution in [2.75, 3.05) is 7.05 Å². The van der Waals surface area contributed by atoms with E-state index in [4.69, 9.17) is 11.6 Å². The van der Waals surface area contributed by atoms with Gasteiger partial charge in [-0.05, 0) is 49.3 Å². The van der Waals surface area contributed by atoms with Crippen LogP contribution in [0, 0.1) is 11.8 Å². The maximum atomic E-state index is 13.0. The van der Waals surface area contributed by atoms with Gasteiger partial charge in [0.2, 0.25) is 0 Å². The first-order valence-electron chi connectivity index (χ1n) is 9.45. The number of aliphatic hydroxyl groups is 1. The summed E-state index contributed by atoms with van der Waals surface area (Å²) >= 11 is 6.11. The van der Waals surface area contributed by atoms with Crippen LogP contribution in [-0.2, 0) is 0 Å². The van der Waals surface area contributed by atoms with Gasteiger partial charge in [-0.15, -0.1) is 0 Å². The molecule has 2 aliphatic carbocycles. The molecule has 1 aromatic carbocycles. The molecule has 7 nitrogen and oxygen atoms in total. The number of benzene rings is 1. The van der Waals surface area contributed by atoms with Crippen LogP contribution in [0.1, 0.15) is 52.3 Å². The van der Waals surface area contributed by atoms with Gasteiger partial charge in [-0.1, -0.05) is 23.7 Å². The zero-order valence-electron chi connectivity index (χ0n) is 15.7. The standard InChI is InChI=1S/C20H23ClN4O3/c1-10(11-4-3-5-12(21)6-11)25-17(9-16(24-25)19(27)22-2)20(28)23-18-14-7-13(26)8-15(14)18/h3-6,9-10,13-15,18,26H,7-8H2,1-2H3,(H,22,27)(H,23,28)/t10-,13-,14-,15+,18-/m0/s1. The summed E-state index contributed by atoms with van der Waals surface area (Å²) in [5, 5.41) is 20.2. The summed E-state index contributed by atoms with van der Waals surface area (Å²) in [5.41, 5.74) is 1.41. The summed E-state index contributed by atoms with van der Waals surface area (Å²) in [7, 11) is 1.53. The van der Waals surface area contributed by atoms with Crippen LogP contribution in [0.2, 0.25) is 5.02 Å². The van der Waals surface area contributed by atoms with E-state index in [0.717, 1.165) is 18.4 Å². The van der Waals surface area contributed by atoms with Gasteiger partial charge in [0.1, 0.15) is 5.69 Å². The van der Waals surface area contributed by atoms with E-state index >= 15 is 0 Å². The van der Waals surface area contributed by atoms with Gasteiger partial charge in [-0.2, -0.15) is 5.10 Å². The molecular formula is C20H23ClN4O3. The molecule has 0 bridgehead atoms. The third kappa shape index (κ3) is 3.40. The molecule has 2 amide bonds. The number of carbonyl (C=O) groups is 2. The SMILES string of the molecule is CNC(=O)c1cc(C(=O)N[C@@H]2[C@@H]3C[C@@H](O)C[C@@H]32)n([C@@H](C)c2cccc(Cl)c2)n1. The highest BCUT2D eigenvalue weighted by Gasteiger charge is 2.56. The minimum atomic E-state index is -0.350. The fourth-order valence-electron chi connectivity index (χ4n) is 4.26. The number of aromatic nitrogens is 2. The number of fused-ring (bicyclic) bond motifs is 1. The van der Waals surface area contributed by atoms with Crippen molar-refractivity contribution < 1.29 is 14.7 Å². The van der Waals surface area contributed by atoms with Crippen LogP contribution in [-0.4, -0.2) is 45.9 Å². The predicted octanol–water partition coefficient (Wildman–Crippen LogP) is 2.00. The Kier molecular flexibility index (Phi) is 4.89. The van der Waals surface area contributed by atoms with Crippen LogP contribution in [0.25, 0.3) is 0 Å². The van der Waals surface area contributed by atoms with Gasteiger partial charge in [0.05, 0.1) is 12.1 Å². The van der Waals surface area contributed by atoms with Gasteiger partial charge in [0.15, 0.2) is 5.69 Å². The normalized spacial score (nSPS) is 26.4. The van der Waals surface area contributed by atoms with Gasteiger partial charge in [-0.3, -0.25) is 14.3 Å². The molecule has 4 rings (SSSR count). The summed E-state index contributed by atoms with van der Waals surface area (Å²) in [6.07, 6.45) is 1.21. The summed E-state index contributed by atoms with van der Waals surface area (Å²) < 4.78 is 1.57. The Bertz CT molecular complexity index is 916. The summed E-state index contributed by atoms with van der Waals surface area (Å²) in [6.45, 7) is 1.91. The van der Waals surface area contributed by atoms with E-state index in [1.54, 1.807) is 10.7 Å². The smallest absolute Gasteiger partial charge is 0.271 e. The second kappa shape index (κ2) is 7.22. The molecule has 5 atom stereocenters. The van der Waals surface area contributed by atoms with Crippen molar-refractivity contribution in [1.82, 2.24) is 20.4 Å². The van der Waals surface area contributed by atoms with Gasteiger partial charge in [-0.25, -0.2) is 0 Å². The molecule has 0 saturated heterocycles. The first-order chi connectivity index (χ1) is 13.4. The van der Waals surface area contributed by atoms with Crippen LogP contribution >= 0.6 is 11.6 Å². The minimum Gasteiger partial charge on any atom is -0.393 e. The van der Waals surface area contributed by atoms with Crippen molar-refractivity contribution in [1.29, 1.82) is 0 Å². The largest absolute Gasteiger partial charge is 0.393 e. The topological polar surface area (TPSA) is 96.3 Å². The molecule has 0 aliphatic heterocycles. The zero-order chi connectivity index (χ0) is 20.0. The highest BCUT2D eigenvalue weighted by atomic mass is 35.5. The fraction of sp³-hybridized carbons (Fsp3) is 0.450. The van der Waals surface area contributed by atoms with Crippen molar-refractivity contribution in [3.05, 3.63) is 52.3 Å². The lowest BCUT2D eigenvalue weighted by molar-refractivity contribution is 0.0923. The molecule has 2 saturated carbocycles. The number of halogens is 1. The number of hydrogen-bond donors (Lipinski definition) is 3. The minimum absolute atomic E-state index is 0.0872. The number of nitrogens with one attached hydrogen (secondary N) is 2. The molecule has 0 spiro atoms. The van der Waals surface area contributed by atoms with Crippen LogP contribution in [0.5, 0.6) is 0 Å². The number of nitrogens with zero attached hydrogens (tertiary/aromatic N) is 2. The van der Waals surface area contributed by atoms with E-state index in [0.29, 0.717) is 22.6 Å². The molecule has 8 heteroatoms. The van der Waals surface area contributed by atoms with Crippen LogP contribution < -0.4 is 10.6 Å². The first-order valence-corrected chi connectivity index (χ1v) is 9.83. The maximum Gasteiger partial charge on any atom is 0.271 e. The zero-order valence-corrected chi connectivity index (χ0v) is 16.5. The number of aliphatic hydroxyl groups excluding tert-OH is 1. The van der Waals surface area contributed by atoms with E-state index in [-0.39, 0.29) is 35.7 Å². The van der Waals surface area contributed by atoms with Crippen molar-refractivity contribution in [3.8, 4) is 0 Å². The van der Waals surface area contributed by atoms with Crippen molar-refractivity contribution in [3.63, 3.8) is 0 Å². The van der Waals surface area contributed by atoms with E-state index < -0.39 is 0 Å². The third-order valence-corrected chi connectivity index (χ3v) is 6.08. The molecule has 0 unspecified atom stereocenters. The Hall–Kier alpha value is -2.38. The molecule has 1 aromatic heterocycles.